The van der Waals surface area contributed by atoms with Crippen LogP contribution in [0.3, 0.4) is 0 Å². The monoisotopic (exact) mass is 397 g/mol. The van der Waals surface area contributed by atoms with Crippen LogP contribution in [-0.4, -0.2) is 48.5 Å². The van der Waals surface area contributed by atoms with Gasteiger partial charge in [0.05, 0.1) is 25.2 Å². The van der Waals surface area contributed by atoms with Crippen molar-refractivity contribution >= 4 is 22.7 Å². The number of ketones is 1. The van der Waals surface area contributed by atoms with Crippen LogP contribution in [0.25, 0.3) is 11.0 Å². The van der Waals surface area contributed by atoms with Crippen molar-refractivity contribution < 1.29 is 23.5 Å². The summed E-state index contributed by atoms with van der Waals surface area (Å²) in [6, 6.07) is 3.66. The first kappa shape index (κ1) is 18.7. The highest BCUT2D eigenvalue weighted by atomic mass is 16.5. The number of hydrogen-bond acceptors (Lipinski definition) is 5. The minimum absolute atomic E-state index is 0.0978. The Labute approximate surface area is 170 Å². The summed E-state index contributed by atoms with van der Waals surface area (Å²) in [6.07, 6.45) is 4.43. The van der Waals surface area contributed by atoms with Gasteiger partial charge in [0.1, 0.15) is 16.9 Å². The summed E-state index contributed by atoms with van der Waals surface area (Å²) in [7, 11) is 0. The molecular weight excluding hydrogens is 370 g/mol. The molecule has 29 heavy (non-hydrogen) atoms. The van der Waals surface area contributed by atoms with Gasteiger partial charge in [0.25, 0.3) is 5.91 Å². The lowest BCUT2D eigenvalue weighted by atomic mass is 9.74. The minimum atomic E-state index is -0.367. The first-order valence-corrected chi connectivity index (χ1v) is 10.6. The van der Waals surface area contributed by atoms with Gasteiger partial charge >= 0.3 is 0 Å². The number of aryl methyl sites for hydroxylation is 1. The fraction of sp³-hybridized carbons (Fsp3) is 0.565. The normalized spacial score (nSPS) is 27.2. The highest BCUT2D eigenvalue weighted by molar-refractivity contribution is 6.13. The predicted molar refractivity (Wildman–Crippen MR) is 108 cm³/mol. The van der Waals surface area contributed by atoms with Crippen LogP contribution in [0.1, 0.15) is 65.5 Å². The van der Waals surface area contributed by atoms with Crippen molar-refractivity contribution in [1.29, 1.82) is 0 Å². The van der Waals surface area contributed by atoms with Crippen molar-refractivity contribution in [2.45, 2.75) is 51.6 Å². The molecule has 1 spiro atoms. The molecule has 1 aromatic heterocycles. The molecular formula is C23H27NO5. The van der Waals surface area contributed by atoms with Crippen molar-refractivity contribution in [3.8, 4) is 5.75 Å². The Balaban J connectivity index is 1.53. The van der Waals surface area contributed by atoms with E-state index in [0.717, 1.165) is 36.6 Å². The second kappa shape index (κ2) is 6.87. The van der Waals surface area contributed by atoms with Crippen LogP contribution in [0.5, 0.6) is 5.75 Å². The van der Waals surface area contributed by atoms with Crippen molar-refractivity contribution in [3.63, 3.8) is 0 Å². The van der Waals surface area contributed by atoms with E-state index in [0.29, 0.717) is 61.3 Å². The van der Waals surface area contributed by atoms with E-state index in [1.54, 1.807) is 4.90 Å². The molecule has 6 heteroatoms. The fourth-order valence-corrected chi connectivity index (χ4v) is 5.02. The Bertz CT molecular complexity index is 977. The molecule has 154 valence electrons. The quantitative estimate of drug-likeness (QED) is 0.724. The Morgan fingerprint density at radius 3 is 2.62 bits per heavy atom. The molecule has 2 fully saturated rings. The number of hydrogen-bond donors (Lipinski definition) is 0. The maximum Gasteiger partial charge on any atom is 0.290 e. The lowest BCUT2D eigenvalue weighted by Gasteiger charge is -2.42. The second-order valence-corrected chi connectivity index (χ2v) is 8.84. The van der Waals surface area contributed by atoms with Gasteiger partial charge < -0.3 is 18.8 Å². The third-order valence-corrected chi connectivity index (χ3v) is 6.82. The molecule has 0 N–H and O–H groups in total. The van der Waals surface area contributed by atoms with Crippen molar-refractivity contribution in [1.82, 2.24) is 4.90 Å². The molecule has 2 aromatic rings. The summed E-state index contributed by atoms with van der Waals surface area (Å²) in [5, 5.41) is 0.725. The summed E-state index contributed by atoms with van der Waals surface area (Å²) < 4.78 is 17.7. The van der Waals surface area contributed by atoms with Gasteiger partial charge in [-0.05, 0) is 50.7 Å². The largest absolute Gasteiger partial charge is 0.486 e. The first-order chi connectivity index (χ1) is 14.0. The molecule has 1 amide bonds. The van der Waals surface area contributed by atoms with Gasteiger partial charge in [-0.2, -0.15) is 0 Å². The average molecular weight is 397 g/mol. The Hall–Kier alpha value is -2.34. The molecule has 3 heterocycles. The SMILES string of the molecule is Cc1c(C(=O)N2CCOCC2)oc2ccc3c(c12)C(=O)CC1(CCC(C)CC1)O3. The number of rotatable bonds is 1. The van der Waals surface area contributed by atoms with E-state index >= 15 is 0 Å². The van der Waals surface area contributed by atoms with E-state index in [1.165, 1.54) is 0 Å². The van der Waals surface area contributed by atoms with Gasteiger partial charge in [-0.3, -0.25) is 9.59 Å². The zero-order valence-electron chi connectivity index (χ0n) is 17.1. The first-order valence-electron chi connectivity index (χ1n) is 10.6. The molecule has 1 saturated carbocycles. The number of morpholine rings is 1. The number of fused-ring (bicyclic) bond motifs is 3. The molecule has 1 aliphatic carbocycles. The lowest BCUT2D eigenvalue weighted by Crippen LogP contribution is -2.44. The van der Waals surface area contributed by atoms with Crippen molar-refractivity contribution in [2.75, 3.05) is 26.3 Å². The summed E-state index contributed by atoms with van der Waals surface area (Å²) in [6.45, 7) is 6.30. The topological polar surface area (TPSA) is 69.0 Å². The molecule has 0 atom stereocenters. The molecule has 1 saturated heterocycles. The van der Waals surface area contributed by atoms with Gasteiger partial charge in [0.2, 0.25) is 0 Å². The third-order valence-electron chi connectivity index (χ3n) is 6.82. The summed E-state index contributed by atoms with van der Waals surface area (Å²) in [5.74, 6) is 1.60. The predicted octanol–water partition coefficient (Wildman–Crippen LogP) is 4.13. The standard InChI is InChI=1S/C23H27NO5/c1-14-5-7-23(8-6-14)13-16(25)20-18(29-23)4-3-17-19(20)15(2)21(28-17)22(26)24-9-11-27-12-10-24/h3-4,14H,5-13H2,1-2H3. The zero-order chi connectivity index (χ0) is 20.2. The maximum absolute atomic E-state index is 13.3. The van der Waals surface area contributed by atoms with Crippen LogP contribution in [0.4, 0.5) is 0 Å². The highest BCUT2D eigenvalue weighted by Gasteiger charge is 2.43. The Kier molecular flexibility index (Phi) is 4.42. The lowest BCUT2D eigenvalue weighted by molar-refractivity contribution is 0.00430. The van der Waals surface area contributed by atoms with Gasteiger partial charge in [0.15, 0.2) is 11.5 Å². The molecule has 0 radical (unpaired) electrons. The smallest absolute Gasteiger partial charge is 0.290 e. The van der Waals surface area contributed by atoms with E-state index in [-0.39, 0.29) is 17.3 Å². The number of amides is 1. The number of benzene rings is 1. The van der Waals surface area contributed by atoms with Gasteiger partial charge in [-0.1, -0.05) is 6.92 Å². The fourth-order valence-electron chi connectivity index (χ4n) is 5.02. The molecule has 5 rings (SSSR count). The Morgan fingerprint density at radius 1 is 1.17 bits per heavy atom. The number of Topliss-reactive ketones (excluding diaryl/α,β-unsaturated/α-hetero) is 1. The summed E-state index contributed by atoms with van der Waals surface area (Å²) in [4.78, 5) is 28.0. The van der Waals surface area contributed by atoms with Crippen LogP contribution < -0.4 is 4.74 Å². The van der Waals surface area contributed by atoms with E-state index in [4.69, 9.17) is 13.9 Å². The Morgan fingerprint density at radius 2 is 1.90 bits per heavy atom. The summed E-state index contributed by atoms with van der Waals surface area (Å²) >= 11 is 0. The van der Waals surface area contributed by atoms with E-state index in [9.17, 15) is 9.59 Å². The van der Waals surface area contributed by atoms with Gasteiger partial charge in [-0.15, -0.1) is 0 Å². The van der Waals surface area contributed by atoms with Crippen molar-refractivity contribution in [3.05, 3.63) is 29.0 Å². The molecule has 0 bridgehead atoms. The molecule has 2 aliphatic heterocycles. The van der Waals surface area contributed by atoms with Crippen LogP contribution >= 0.6 is 0 Å². The van der Waals surface area contributed by atoms with Crippen LogP contribution in [0.15, 0.2) is 16.5 Å². The maximum atomic E-state index is 13.3. The molecule has 0 unspecified atom stereocenters. The van der Waals surface area contributed by atoms with Gasteiger partial charge in [-0.25, -0.2) is 0 Å². The molecule has 1 aromatic carbocycles. The average Bonchev–Trinajstić information content (AvgIpc) is 3.07. The highest BCUT2D eigenvalue weighted by Crippen LogP contribution is 2.46. The van der Waals surface area contributed by atoms with Crippen LogP contribution in [0, 0.1) is 12.8 Å². The van der Waals surface area contributed by atoms with E-state index < -0.39 is 0 Å². The van der Waals surface area contributed by atoms with Crippen LogP contribution in [-0.2, 0) is 4.74 Å². The number of ether oxygens (including phenoxy) is 2. The number of nitrogens with zero attached hydrogens (tertiary/aromatic N) is 1. The number of carbonyl (C=O) groups excluding carboxylic acids is 2. The summed E-state index contributed by atoms with van der Waals surface area (Å²) in [5.41, 5.74) is 1.50. The van der Waals surface area contributed by atoms with Crippen LogP contribution in [0.2, 0.25) is 0 Å². The minimum Gasteiger partial charge on any atom is -0.486 e. The van der Waals surface area contributed by atoms with E-state index in [1.807, 2.05) is 19.1 Å². The molecule has 6 nitrogen and oxygen atoms in total. The van der Waals surface area contributed by atoms with Gasteiger partial charge in [0, 0.05) is 24.0 Å². The number of furan rings is 1. The molecule has 3 aliphatic rings. The third kappa shape index (κ3) is 3.05. The zero-order valence-corrected chi connectivity index (χ0v) is 17.1. The van der Waals surface area contributed by atoms with Crippen molar-refractivity contribution in [2.24, 2.45) is 5.92 Å². The van der Waals surface area contributed by atoms with E-state index in [2.05, 4.69) is 6.92 Å². The second-order valence-electron chi connectivity index (χ2n) is 8.84. The number of carbonyl (C=O) groups is 2.